The molecule has 94 valence electrons. The molecule has 0 fully saturated rings. The first kappa shape index (κ1) is 13.1. The molecule has 2 aromatic rings. The van der Waals surface area contributed by atoms with E-state index in [1.165, 1.54) is 0 Å². The van der Waals surface area contributed by atoms with E-state index < -0.39 is 0 Å². The second kappa shape index (κ2) is 6.03. The Morgan fingerprint density at radius 1 is 1.17 bits per heavy atom. The van der Waals surface area contributed by atoms with Crippen LogP contribution in [-0.4, -0.2) is 6.54 Å². The molecule has 2 nitrogen and oxygen atoms in total. The van der Waals surface area contributed by atoms with Crippen molar-refractivity contribution in [2.24, 2.45) is 5.73 Å². The van der Waals surface area contributed by atoms with Gasteiger partial charge in [0.05, 0.1) is 0 Å². The lowest BCUT2D eigenvalue weighted by molar-refractivity contribution is 0.214. The first-order valence-electron chi connectivity index (χ1n) is 5.88. The Morgan fingerprint density at radius 2 is 1.89 bits per heavy atom. The van der Waals surface area contributed by atoms with Gasteiger partial charge in [-0.2, -0.15) is 0 Å². The third-order valence-electron chi connectivity index (χ3n) is 2.79. The number of benzene rings is 2. The van der Waals surface area contributed by atoms with Crippen LogP contribution in [-0.2, 0) is 0 Å². The largest absolute Gasteiger partial charge is 0.484 e. The van der Waals surface area contributed by atoms with Crippen LogP contribution in [0.15, 0.2) is 53.0 Å². The highest BCUT2D eigenvalue weighted by atomic mass is 79.9. The summed E-state index contributed by atoms with van der Waals surface area (Å²) in [5, 5.41) is 0. The highest BCUT2D eigenvalue weighted by molar-refractivity contribution is 9.10. The van der Waals surface area contributed by atoms with Crippen LogP contribution in [0, 0.1) is 6.92 Å². The summed E-state index contributed by atoms with van der Waals surface area (Å²) in [4.78, 5) is 0. The Kier molecular flexibility index (Phi) is 4.39. The van der Waals surface area contributed by atoms with E-state index in [1.54, 1.807) is 0 Å². The van der Waals surface area contributed by atoms with Crippen molar-refractivity contribution in [2.45, 2.75) is 13.0 Å². The molecule has 1 atom stereocenters. The van der Waals surface area contributed by atoms with Crippen LogP contribution in [0.2, 0.25) is 0 Å². The summed E-state index contributed by atoms with van der Waals surface area (Å²) in [6.07, 6.45) is -0.105. The number of ether oxygens (including phenoxy) is 1. The standard InChI is InChI=1S/C15H16BrNO/c1-11-9-13(7-8-14(11)16)18-15(10-17)12-5-3-2-4-6-12/h2-9,15H,10,17H2,1H3. The number of halogens is 1. The molecule has 1 unspecified atom stereocenters. The Hall–Kier alpha value is -1.32. The van der Waals surface area contributed by atoms with E-state index in [-0.39, 0.29) is 6.10 Å². The van der Waals surface area contributed by atoms with Crippen molar-refractivity contribution in [3.8, 4) is 5.75 Å². The second-order valence-electron chi connectivity index (χ2n) is 4.16. The summed E-state index contributed by atoms with van der Waals surface area (Å²) in [5.41, 5.74) is 8.03. The topological polar surface area (TPSA) is 35.2 Å². The molecule has 0 bridgehead atoms. The molecule has 2 aromatic carbocycles. The SMILES string of the molecule is Cc1cc(OC(CN)c2ccccc2)ccc1Br. The summed E-state index contributed by atoms with van der Waals surface area (Å²) in [6.45, 7) is 2.50. The van der Waals surface area contributed by atoms with Crippen LogP contribution in [0.5, 0.6) is 5.75 Å². The number of hydrogen-bond donors (Lipinski definition) is 1. The molecule has 0 saturated heterocycles. The summed E-state index contributed by atoms with van der Waals surface area (Å²) >= 11 is 3.48. The normalized spacial score (nSPS) is 12.2. The molecular formula is C15H16BrNO. The zero-order chi connectivity index (χ0) is 13.0. The zero-order valence-corrected chi connectivity index (χ0v) is 11.9. The molecule has 0 spiro atoms. The van der Waals surface area contributed by atoms with Crippen molar-refractivity contribution in [1.82, 2.24) is 0 Å². The average Bonchev–Trinajstić information content (AvgIpc) is 2.41. The Balaban J connectivity index is 2.18. The van der Waals surface area contributed by atoms with Crippen LogP contribution >= 0.6 is 15.9 Å². The molecule has 0 radical (unpaired) electrons. The Bertz CT molecular complexity index is 513. The molecule has 18 heavy (non-hydrogen) atoms. The van der Waals surface area contributed by atoms with Crippen LogP contribution in [0.4, 0.5) is 0 Å². The van der Waals surface area contributed by atoms with Gasteiger partial charge in [0, 0.05) is 11.0 Å². The zero-order valence-electron chi connectivity index (χ0n) is 10.3. The predicted octanol–water partition coefficient (Wildman–Crippen LogP) is 3.84. The molecular weight excluding hydrogens is 290 g/mol. The Morgan fingerprint density at radius 3 is 2.50 bits per heavy atom. The fraction of sp³-hybridized carbons (Fsp3) is 0.200. The number of nitrogens with two attached hydrogens (primary N) is 1. The molecule has 0 aliphatic carbocycles. The fourth-order valence-electron chi connectivity index (χ4n) is 1.77. The maximum atomic E-state index is 5.94. The molecule has 0 amide bonds. The van der Waals surface area contributed by atoms with E-state index >= 15 is 0 Å². The van der Waals surface area contributed by atoms with Gasteiger partial charge >= 0.3 is 0 Å². The fourth-order valence-corrected chi connectivity index (χ4v) is 2.02. The van der Waals surface area contributed by atoms with Crippen LogP contribution in [0.1, 0.15) is 17.2 Å². The first-order valence-corrected chi connectivity index (χ1v) is 6.68. The van der Waals surface area contributed by atoms with Gasteiger partial charge in [-0.1, -0.05) is 46.3 Å². The number of aryl methyl sites for hydroxylation is 1. The maximum absolute atomic E-state index is 5.94. The molecule has 3 heteroatoms. The van der Waals surface area contributed by atoms with Crippen molar-refractivity contribution in [3.63, 3.8) is 0 Å². The van der Waals surface area contributed by atoms with E-state index in [1.807, 2.05) is 55.5 Å². The quantitative estimate of drug-likeness (QED) is 0.931. The summed E-state index contributed by atoms with van der Waals surface area (Å²) in [7, 11) is 0. The van der Waals surface area contributed by atoms with Crippen molar-refractivity contribution in [2.75, 3.05) is 6.54 Å². The van der Waals surface area contributed by atoms with E-state index in [0.29, 0.717) is 6.54 Å². The monoisotopic (exact) mass is 305 g/mol. The number of hydrogen-bond acceptors (Lipinski definition) is 2. The predicted molar refractivity (Wildman–Crippen MR) is 77.7 cm³/mol. The average molecular weight is 306 g/mol. The van der Waals surface area contributed by atoms with Gasteiger partial charge in [-0.3, -0.25) is 0 Å². The third kappa shape index (κ3) is 3.12. The maximum Gasteiger partial charge on any atom is 0.136 e. The minimum atomic E-state index is -0.105. The highest BCUT2D eigenvalue weighted by Gasteiger charge is 2.11. The first-order chi connectivity index (χ1) is 8.70. The van der Waals surface area contributed by atoms with Crippen LogP contribution in [0.3, 0.4) is 0 Å². The lowest BCUT2D eigenvalue weighted by Crippen LogP contribution is -2.18. The molecule has 0 aliphatic rings. The van der Waals surface area contributed by atoms with Crippen molar-refractivity contribution in [3.05, 3.63) is 64.1 Å². The van der Waals surface area contributed by atoms with Gasteiger partial charge in [-0.25, -0.2) is 0 Å². The molecule has 2 rings (SSSR count). The van der Waals surface area contributed by atoms with Gasteiger partial charge in [0.15, 0.2) is 0 Å². The van der Waals surface area contributed by atoms with E-state index in [4.69, 9.17) is 10.5 Å². The van der Waals surface area contributed by atoms with Crippen molar-refractivity contribution >= 4 is 15.9 Å². The molecule has 2 N–H and O–H groups in total. The van der Waals surface area contributed by atoms with E-state index in [0.717, 1.165) is 21.3 Å². The van der Waals surface area contributed by atoms with Crippen LogP contribution in [0.25, 0.3) is 0 Å². The molecule has 0 heterocycles. The van der Waals surface area contributed by atoms with Gasteiger partial charge in [-0.05, 0) is 36.2 Å². The molecule has 0 saturated carbocycles. The van der Waals surface area contributed by atoms with Crippen molar-refractivity contribution < 1.29 is 4.74 Å². The molecule has 0 aromatic heterocycles. The van der Waals surface area contributed by atoms with E-state index in [9.17, 15) is 0 Å². The molecule has 0 aliphatic heterocycles. The van der Waals surface area contributed by atoms with Gasteiger partial charge in [-0.15, -0.1) is 0 Å². The Labute approximate surface area is 116 Å². The van der Waals surface area contributed by atoms with Crippen LogP contribution < -0.4 is 10.5 Å². The second-order valence-corrected chi connectivity index (χ2v) is 5.02. The smallest absolute Gasteiger partial charge is 0.136 e. The minimum absolute atomic E-state index is 0.105. The lowest BCUT2D eigenvalue weighted by Gasteiger charge is -2.18. The summed E-state index contributed by atoms with van der Waals surface area (Å²) < 4.78 is 7.02. The minimum Gasteiger partial charge on any atom is -0.484 e. The van der Waals surface area contributed by atoms with Gasteiger partial charge < -0.3 is 10.5 Å². The summed E-state index contributed by atoms with van der Waals surface area (Å²) in [6, 6.07) is 16.0. The van der Waals surface area contributed by atoms with Crippen molar-refractivity contribution in [1.29, 1.82) is 0 Å². The summed E-state index contributed by atoms with van der Waals surface area (Å²) in [5.74, 6) is 0.843. The van der Waals surface area contributed by atoms with Gasteiger partial charge in [0.25, 0.3) is 0 Å². The van der Waals surface area contributed by atoms with E-state index in [2.05, 4.69) is 15.9 Å². The van der Waals surface area contributed by atoms with Gasteiger partial charge in [0.2, 0.25) is 0 Å². The number of rotatable bonds is 4. The lowest BCUT2D eigenvalue weighted by atomic mass is 10.1. The van der Waals surface area contributed by atoms with Gasteiger partial charge in [0.1, 0.15) is 11.9 Å². The highest BCUT2D eigenvalue weighted by Crippen LogP contribution is 2.25. The third-order valence-corrected chi connectivity index (χ3v) is 3.68.